The van der Waals surface area contributed by atoms with Gasteiger partial charge in [-0.1, -0.05) is 0 Å². The number of carbonyl (C=O) groups is 5. The van der Waals surface area contributed by atoms with Crippen molar-refractivity contribution in [3.05, 3.63) is 22.5 Å². The molecule has 3 N–H and O–H groups in total. The third-order valence-corrected chi connectivity index (χ3v) is 3.29. The molecule has 11 nitrogen and oxygen atoms in total. The summed E-state index contributed by atoms with van der Waals surface area (Å²) in [6.07, 6.45) is 0. The fourth-order valence-corrected chi connectivity index (χ4v) is 2.30. The Bertz CT molecular complexity index is 666. The van der Waals surface area contributed by atoms with Crippen molar-refractivity contribution in [2.45, 2.75) is 13.8 Å². The van der Waals surface area contributed by atoms with Crippen LogP contribution in [-0.2, 0) is 38.2 Å². The Morgan fingerprint density at radius 3 is 1.58 bits per heavy atom. The summed E-state index contributed by atoms with van der Waals surface area (Å²) in [4.78, 5) is 57.8. The zero-order valence-electron chi connectivity index (χ0n) is 14.2. The third kappa shape index (κ3) is 4.82. The first kappa shape index (κ1) is 20.7. The molecule has 0 aromatic rings. The van der Waals surface area contributed by atoms with Crippen molar-refractivity contribution in [1.82, 2.24) is 5.32 Å². The number of hydrogen-bond acceptors (Lipinski definition) is 9. The average Bonchev–Trinajstić information content (AvgIpc) is 2.56. The van der Waals surface area contributed by atoms with Crippen LogP contribution in [0, 0.1) is 5.92 Å². The molecule has 26 heavy (non-hydrogen) atoms. The molecule has 0 atom stereocenters. The number of carboxylic acids is 2. The van der Waals surface area contributed by atoms with Crippen molar-refractivity contribution in [1.29, 1.82) is 0 Å². The molecule has 0 aromatic heterocycles. The van der Waals surface area contributed by atoms with Gasteiger partial charge in [0.05, 0.1) is 18.3 Å². The lowest BCUT2D eigenvalue weighted by Gasteiger charge is -2.28. The largest absolute Gasteiger partial charge is 0.479 e. The first-order valence-electron chi connectivity index (χ1n) is 7.14. The molecule has 0 saturated heterocycles. The van der Waals surface area contributed by atoms with E-state index in [9.17, 15) is 24.0 Å². The van der Waals surface area contributed by atoms with Gasteiger partial charge in [0.15, 0.2) is 13.2 Å². The lowest BCUT2D eigenvalue weighted by molar-refractivity contribution is -0.156. The maximum atomic E-state index is 12.2. The van der Waals surface area contributed by atoms with Gasteiger partial charge in [-0.25, -0.2) is 19.2 Å². The minimum absolute atomic E-state index is 0.142. The molecule has 142 valence electrons. The number of carboxylic acid groups (broad SMARTS) is 2. The van der Waals surface area contributed by atoms with Crippen molar-refractivity contribution in [3.8, 4) is 0 Å². The molecule has 1 rings (SSSR count). The highest BCUT2D eigenvalue weighted by molar-refractivity contribution is 6.06. The molecule has 0 amide bonds. The van der Waals surface area contributed by atoms with Gasteiger partial charge < -0.3 is 29.7 Å². The van der Waals surface area contributed by atoms with Gasteiger partial charge in [-0.15, -0.1) is 0 Å². The smallest absolute Gasteiger partial charge is 0.341 e. The molecule has 11 heteroatoms. The summed E-state index contributed by atoms with van der Waals surface area (Å²) in [6, 6.07) is 0. The summed E-state index contributed by atoms with van der Waals surface area (Å²) in [5.74, 6) is -7.70. The Morgan fingerprint density at radius 1 is 0.885 bits per heavy atom. The highest BCUT2D eigenvalue weighted by Crippen LogP contribution is 2.32. The lowest BCUT2D eigenvalue weighted by atomic mass is 9.85. The zero-order chi connectivity index (χ0) is 20.0. The Morgan fingerprint density at radius 2 is 1.27 bits per heavy atom. The molecule has 0 aromatic carbocycles. The van der Waals surface area contributed by atoms with E-state index in [-0.39, 0.29) is 22.5 Å². The van der Waals surface area contributed by atoms with E-state index in [0.29, 0.717) is 0 Å². The molecular weight excluding hydrogens is 354 g/mol. The van der Waals surface area contributed by atoms with E-state index in [1.165, 1.54) is 13.8 Å². The Labute approximate surface area is 147 Å². The van der Waals surface area contributed by atoms with E-state index in [0.717, 1.165) is 7.11 Å². The van der Waals surface area contributed by atoms with Crippen molar-refractivity contribution < 1.29 is 48.4 Å². The fraction of sp³-hybridized carbons (Fsp3) is 0.400. The van der Waals surface area contributed by atoms with E-state index in [1.54, 1.807) is 0 Å². The highest BCUT2D eigenvalue weighted by atomic mass is 16.6. The molecule has 0 saturated carbocycles. The van der Waals surface area contributed by atoms with Gasteiger partial charge in [0.2, 0.25) is 0 Å². The number of nitrogens with one attached hydrogen (secondary N) is 1. The first-order chi connectivity index (χ1) is 12.1. The minimum atomic E-state index is -1.57. The summed E-state index contributed by atoms with van der Waals surface area (Å²) in [6.45, 7) is 0.919. The molecule has 0 aliphatic carbocycles. The normalized spacial score (nSPS) is 14.4. The van der Waals surface area contributed by atoms with Gasteiger partial charge in [-0.05, 0) is 13.8 Å². The standard InChI is InChI=1S/C15H17NO10/c1-6-10(14(22)25-4-8(17)18)12(13(21)24-3)11(7(2)16-6)15(23)26-5-9(19)20/h12,16H,4-5H2,1-3H3,(H,17,18)(H,19,20). The summed E-state index contributed by atoms with van der Waals surface area (Å²) < 4.78 is 13.8. The van der Waals surface area contributed by atoms with Crippen LogP contribution in [0.2, 0.25) is 0 Å². The minimum Gasteiger partial charge on any atom is -0.479 e. The summed E-state index contributed by atoms with van der Waals surface area (Å²) in [5.41, 5.74) is -0.400. The fourth-order valence-electron chi connectivity index (χ4n) is 2.30. The highest BCUT2D eigenvalue weighted by Gasteiger charge is 2.42. The number of esters is 3. The summed E-state index contributed by atoms with van der Waals surface area (Å²) >= 11 is 0. The molecule has 0 unspecified atom stereocenters. The van der Waals surface area contributed by atoms with Gasteiger partial charge in [0.25, 0.3) is 0 Å². The van der Waals surface area contributed by atoms with Crippen LogP contribution in [0.1, 0.15) is 13.8 Å². The van der Waals surface area contributed by atoms with Crippen LogP contribution in [0.15, 0.2) is 22.5 Å². The number of ether oxygens (including phenoxy) is 3. The molecular formula is C15H17NO10. The number of hydrogen-bond donors (Lipinski definition) is 3. The van der Waals surface area contributed by atoms with Crippen molar-refractivity contribution in [2.24, 2.45) is 5.92 Å². The van der Waals surface area contributed by atoms with Crippen molar-refractivity contribution in [3.63, 3.8) is 0 Å². The van der Waals surface area contributed by atoms with Crippen LogP contribution in [0.4, 0.5) is 0 Å². The maximum absolute atomic E-state index is 12.2. The van der Waals surface area contributed by atoms with Crippen LogP contribution in [0.5, 0.6) is 0 Å². The molecule has 1 heterocycles. The van der Waals surface area contributed by atoms with Crippen molar-refractivity contribution in [2.75, 3.05) is 20.3 Å². The third-order valence-electron chi connectivity index (χ3n) is 3.29. The maximum Gasteiger partial charge on any atom is 0.341 e. The van der Waals surface area contributed by atoms with E-state index in [2.05, 4.69) is 19.5 Å². The van der Waals surface area contributed by atoms with Crippen LogP contribution in [0.3, 0.4) is 0 Å². The Hall–Kier alpha value is -3.37. The number of aliphatic carboxylic acids is 2. The van der Waals surface area contributed by atoms with Crippen LogP contribution < -0.4 is 5.32 Å². The van der Waals surface area contributed by atoms with Gasteiger partial charge in [0.1, 0.15) is 5.92 Å². The van der Waals surface area contributed by atoms with Gasteiger partial charge >= 0.3 is 29.8 Å². The van der Waals surface area contributed by atoms with Crippen LogP contribution in [0.25, 0.3) is 0 Å². The monoisotopic (exact) mass is 371 g/mol. The van der Waals surface area contributed by atoms with Crippen molar-refractivity contribution >= 4 is 29.8 Å². The Balaban J connectivity index is 3.29. The zero-order valence-corrected chi connectivity index (χ0v) is 14.2. The average molecular weight is 371 g/mol. The topological polar surface area (TPSA) is 166 Å². The number of carbonyl (C=O) groups excluding carboxylic acids is 3. The summed E-state index contributed by atoms with van der Waals surface area (Å²) in [7, 11) is 1.02. The molecule has 1 aliphatic heterocycles. The second kappa shape index (κ2) is 8.65. The van der Waals surface area contributed by atoms with E-state index >= 15 is 0 Å². The van der Waals surface area contributed by atoms with Crippen LogP contribution >= 0.6 is 0 Å². The van der Waals surface area contributed by atoms with Gasteiger partial charge in [0, 0.05) is 11.4 Å². The number of dihydropyridines is 1. The van der Waals surface area contributed by atoms with E-state index < -0.39 is 49.0 Å². The second-order valence-corrected chi connectivity index (χ2v) is 5.10. The van der Waals surface area contributed by atoms with E-state index in [4.69, 9.17) is 10.2 Å². The number of rotatable bonds is 7. The second-order valence-electron chi connectivity index (χ2n) is 5.10. The lowest BCUT2D eigenvalue weighted by Crippen LogP contribution is -2.38. The van der Waals surface area contributed by atoms with Crippen LogP contribution in [-0.4, -0.2) is 60.4 Å². The molecule has 0 fully saturated rings. The molecule has 0 radical (unpaired) electrons. The number of allylic oxidation sites excluding steroid dienone is 2. The van der Waals surface area contributed by atoms with Gasteiger partial charge in [-0.2, -0.15) is 0 Å². The first-order valence-corrected chi connectivity index (χ1v) is 7.14. The molecule has 0 spiro atoms. The quantitative estimate of drug-likeness (QED) is 0.378. The van der Waals surface area contributed by atoms with Gasteiger partial charge in [-0.3, -0.25) is 4.79 Å². The molecule has 0 bridgehead atoms. The SMILES string of the molecule is COC(=O)C1C(C(=O)OCC(=O)O)=C(C)NC(C)=C1C(=O)OCC(=O)O. The summed E-state index contributed by atoms with van der Waals surface area (Å²) in [5, 5.41) is 19.9. The van der Waals surface area contributed by atoms with E-state index in [1.807, 2.05) is 0 Å². The predicted molar refractivity (Wildman–Crippen MR) is 81.2 cm³/mol. The molecule has 1 aliphatic rings. The number of methoxy groups -OCH3 is 1. The Kier molecular flexibility index (Phi) is 6.88. The predicted octanol–water partition coefficient (Wildman–Crippen LogP) is -0.818.